The van der Waals surface area contributed by atoms with Crippen LogP contribution in [0.3, 0.4) is 0 Å². The monoisotopic (exact) mass is 409 g/mol. The molecule has 0 saturated heterocycles. The van der Waals surface area contributed by atoms with Gasteiger partial charge in [0.25, 0.3) is 5.91 Å². The molecular formula is C19H23NO9. The number of nitrogens with one attached hydrogen (secondary N) is 1. The Morgan fingerprint density at radius 3 is 2.07 bits per heavy atom. The minimum absolute atomic E-state index is 0.0317. The van der Waals surface area contributed by atoms with Crippen molar-refractivity contribution < 1.29 is 43.3 Å². The van der Waals surface area contributed by atoms with Crippen molar-refractivity contribution in [1.29, 1.82) is 0 Å². The zero-order chi connectivity index (χ0) is 22.0. The lowest BCUT2D eigenvalue weighted by atomic mass is 9.95. The Hall–Kier alpha value is -3.43. The van der Waals surface area contributed by atoms with Gasteiger partial charge in [-0.15, -0.1) is 0 Å². The first kappa shape index (κ1) is 23.6. The number of hydrogen-bond donors (Lipinski definition) is 2. The number of benzene rings is 1. The smallest absolute Gasteiger partial charge is 0.327 e. The highest BCUT2D eigenvalue weighted by Gasteiger charge is 2.38. The van der Waals surface area contributed by atoms with Crippen molar-refractivity contribution in [2.45, 2.75) is 33.2 Å². The predicted molar refractivity (Wildman–Crippen MR) is 98.0 cm³/mol. The Bertz CT molecular complexity index is 757. The number of aliphatic carboxylic acids is 1. The summed E-state index contributed by atoms with van der Waals surface area (Å²) in [5.41, 5.74) is 0.0610. The molecule has 0 spiro atoms. The standard InChI is InChI=1S/C19H23NO9/c1-4-27-15(22)10-14(19(26)28-5-2)16(18(24)25)20-17(23)12-6-8-13(9-7-12)29-11(3)21/h6-9,14,16H,4-5,10H2,1-3H3,(H,20,23)(H,24,25)/t14-,16+/m0/s1. The summed E-state index contributed by atoms with van der Waals surface area (Å²) in [4.78, 5) is 59.1. The molecule has 29 heavy (non-hydrogen) atoms. The minimum atomic E-state index is -1.72. The average molecular weight is 409 g/mol. The maximum atomic E-state index is 12.4. The maximum Gasteiger partial charge on any atom is 0.327 e. The normalized spacial score (nSPS) is 12.2. The lowest BCUT2D eigenvalue weighted by Crippen LogP contribution is -2.49. The van der Waals surface area contributed by atoms with Crippen LogP contribution in [0.2, 0.25) is 0 Å². The van der Waals surface area contributed by atoms with Crippen molar-refractivity contribution in [2.24, 2.45) is 5.92 Å². The van der Waals surface area contributed by atoms with E-state index in [4.69, 9.17) is 14.2 Å². The van der Waals surface area contributed by atoms with E-state index >= 15 is 0 Å². The molecular weight excluding hydrogens is 386 g/mol. The topological polar surface area (TPSA) is 145 Å². The molecule has 0 fully saturated rings. The Kier molecular flexibility index (Phi) is 9.30. The fourth-order valence-electron chi connectivity index (χ4n) is 2.39. The third kappa shape index (κ3) is 7.60. The first-order chi connectivity index (χ1) is 13.7. The molecule has 10 nitrogen and oxygen atoms in total. The molecule has 1 amide bonds. The molecule has 2 atom stereocenters. The van der Waals surface area contributed by atoms with Gasteiger partial charge in [-0.05, 0) is 38.1 Å². The van der Waals surface area contributed by atoms with Crippen LogP contribution in [0.25, 0.3) is 0 Å². The number of carboxylic acids is 1. The Balaban J connectivity index is 3.03. The van der Waals surface area contributed by atoms with Crippen molar-refractivity contribution in [2.75, 3.05) is 13.2 Å². The van der Waals surface area contributed by atoms with Gasteiger partial charge < -0.3 is 24.6 Å². The molecule has 0 aliphatic heterocycles. The zero-order valence-electron chi connectivity index (χ0n) is 16.3. The van der Waals surface area contributed by atoms with Crippen molar-refractivity contribution >= 4 is 29.8 Å². The zero-order valence-corrected chi connectivity index (χ0v) is 16.3. The number of amides is 1. The van der Waals surface area contributed by atoms with E-state index in [1.165, 1.54) is 38.1 Å². The van der Waals surface area contributed by atoms with Crippen LogP contribution in [0.1, 0.15) is 37.6 Å². The highest BCUT2D eigenvalue weighted by atomic mass is 16.5. The van der Waals surface area contributed by atoms with Crippen LogP contribution < -0.4 is 10.1 Å². The number of carbonyl (C=O) groups excluding carboxylic acids is 4. The molecule has 0 aliphatic carbocycles. The Morgan fingerprint density at radius 1 is 1.00 bits per heavy atom. The summed E-state index contributed by atoms with van der Waals surface area (Å²) in [6.07, 6.45) is -0.574. The van der Waals surface area contributed by atoms with E-state index in [0.29, 0.717) is 0 Å². The van der Waals surface area contributed by atoms with Crippen molar-refractivity contribution in [3.05, 3.63) is 29.8 Å². The lowest BCUT2D eigenvalue weighted by Gasteiger charge is -2.22. The third-order valence-electron chi connectivity index (χ3n) is 3.61. The second kappa shape index (κ2) is 11.4. The number of carbonyl (C=O) groups is 5. The van der Waals surface area contributed by atoms with Gasteiger partial charge in [0, 0.05) is 12.5 Å². The Morgan fingerprint density at radius 2 is 1.59 bits per heavy atom. The van der Waals surface area contributed by atoms with Crippen LogP contribution in [-0.2, 0) is 28.7 Å². The summed E-state index contributed by atoms with van der Waals surface area (Å²) in [5.74, 6) is -5.87. The number of carboxylic acid groups (broad SMARTS) is 1. The Labute approximate surface area is 167 Å². The van der Waals surface area contributed by atoms with Gasteiger partial charge in [0.05, 0.1) is 25.6 Å². The molecule has 1 aromatic carbocycles. The molecule has 1 rings (SSSR count). The van der Waals surface area contributed by atoms with Crippen LogP contribution in [0.5, 0.6) is 5.75 Å². The van der Waals surface area contributed by atoms with E-state index in [-0.39, 0.29) is 24.5 Å². The van der Waals surface area contributed by atoms with Crippen LogP contribution in [0, 0.1) is 5.92 Å². The molecule has 0 aliphatic rings. The van der Waals surface area contributed by atoms with Gasteiger partial charge in [-0.2, -0.15) is 0 Å². The lowest BCUT2D eigenvalue weighted by molar-refractivity contribution is -0.159. The molecule has 2 N–H and O–H groups in total. The van der Waals surface area contributed by atoms with Crippen LogP contribution >= 0.6 is 0 Å². The maximum absolute atomic E-state index is 12.4. The molecule has 0 unspecified atom stereocenters. The van der Waals surface area contributed by atoms with Gasteiger partial charge in [0.1, 0.15) is 11.8 Å². The summed E-state index contributed by atoms with van der Waals surface area (Å²) >= 11 is 0. The second-order valence-corrected chi connectivity index (χ2v) is 5.78. The third-order valence-corrected chi connectivity index (χ3v) is 3.61. The first-order valence-electron chi connectivity index (χ1n) is 8.83. The molecule has 158 valence electrons. The van der Waals surface area contributed by atoms with E-state index in [1.54, 1.807) is 6.92 Å². The van der Waals surface area contributed by atoms with Gasteiger partial charge in [-0.3, -0.25) is 19.2 Å². The number of rotatable bonds is 10. The van der Waals surface area contributed by atoms with Gasteiger partial charge >= 0.3 is 23.9 Å². The number of ether oxygens (including phenoxy) is 3. The fourth-order valence-corrected chi connectivity index (χ4v) is 2.39. The number of hydrogen-bond acceptors (Lipinski definition) is 8. The minimum Gasteiger partial charge on any atom is -0.480 e. The van der Waals surface area contributed by atoms with Gasteiger partial charge in [-0.25, -0.2) is 4.79 Å². The number of esters is 3. The molecule has 0 aromatic heterocycles. The fraction of sp³-hybridized carbons (Fsp3) is 0.421. The molecule has 10 heteroatoms. The molecule has 0 heterocycles. The van der Waals surface area contributed by atoms with Crippen LogP contribution in [-0.4, -0.2) is 54.1 Å². The van der Waals surface area contributed by atoms with Gasteiger partial charge in [0.15, 0.2) is 0 Å². The van der Waals surface area contributed by atoms with E-state index in [9.17, 15) is 29.1 Å². The summed E-state index contributed by atoms with van der Waals surface area (Å²) in [6, 6.07) is 3.62. The SMILES string of the molecule is CCOC(=O)C[C@H](C(=O)OCC)[C@@H](NC(=O)c1ccc(OC(C)=O)cc1)C(=O)O. The predicted octanol–water partition coefficient (Wildman–Crippen LogP) is 0.927. The average Bonchev–Trinajstić information content (AvgIpc) is 2.64. The van der Waals surface area contributed by atoms with Crippen molar-refractivity contribution in [3.8, 4) is 5.75 Å². The van der Waals surface area contributed by atoms with E-state index < -0.39 is 48.2 Å². The van der Waals surface area contributed by atoms with Crippen LogP contribution in [0.4, 0.5) is 0 Å². The second-order valence-electron chi connectivity index (χ2n) is 5.78. The largest absolute Gasteiger partial charge is 0.480 e. The summed E-state index contributed by atoms with van der Waals surface area (Å²) in [5, 5.41) is 11.7. The van der Waals surface area contributed by atoms with Gasteiger partial charge in [0.2, 0.25) is 0 Å². The quantitative estimate of drug-likeness (QED) is 0.425. The van der Waals surface area contributed by atoms with E-state index in [0.717, 1.165) is 0 Å². The molecule has 0 bridgehead atoms. The summed E-state index contributed by atoms with van der Waals surface area (Å²) in [7, 11) is 0. The van der Waals surface area contributed by atoms with Crippen molar-refractivity contribution in [1.82, 2.24) is 5.32 Å². The van der Waals surface area contributed by atoms with Crippen LogP contribution in [0.15, 0.2) is 24.3 Å². The molecule has 1 aromatic rings. The van der Waals surface area contributed by atoms with E-state index in [2.05, 4.69) is 5.32 Å². The van der Waals surface area contributed by atoms with E-state index in [1.807, 2.05) is 0 Å². The highest BCUT2D eigenvalue weighted by Crippen LogP contribution is 2.16. The highest BCUT2D eigenvalue weighted by molar-refractivity contribution is 5.98. The first-order valence-corrected chi connectivity index (χ1v) is 8.83. The summed E-state index contributed by atoms with van der Waals surface area (Å²) in [6.45, 7) is 4.33. The summed E-state index contributed by atoms with van der Waals surface area (Å²) < 4.78 is 14.5. The van der Waals surface area contributed by atoms with Gasteiger partial charge in [-0.1, -0.05) is 0 Å². The molecule has 0 radical (unpaired) electrons. The van der Waals surface area contributed by atoms with Crippen molar-refractivity contribution in [3.63, 3.8) is 0 Å². The molecule has 0 saturated carbocycles.